The summed E-state index contributed by atoms with van der Waals surface area (Å²) in [6.07, 6.45) is 2.98. The predicted molar refractivity (Wildman–Crippen MR) is 73.2 cm³/mol. The first-order valence-electron chi connectivity index (χ1n) is 5.83. The molecule has 0 saturated carbocycles. The second-order valence-corrected chi connectivity index (χ2v) is 6.85. The Morgan fingerprint density at radius 2 is 2.00 bits per heavy atom. The molecule has 2 rings (SSSR count). The lowest BCUT2D eigenvalue weighted by Gasteiger charge is -2.33. The maximum Gasteiger partial charge on any atom is 0.244 e. The molecule has 2 heterocycles. The van der Waals surface area contributed by atoms with Crippen LogP contribution in [0.2, 0.25) is 0 Å². The summed E-state index contributed by atoms with van der Waals surface area (Å²) in [6, 6.07) is 3.24. The van der Waals surface area contributed by atoms with Crippen molar-refractivity contribution in [3.8, 4) is 0 Å². The first-order chi connectivity index (χ1) is 8.64. The van der Waals surface area contributed by atoms with Crippen LogP contribution in [0, 0.1) is 0 Å². The molecule has 1 fully saturated rings. The molecule has 0 spiro atoms. The minimum Gasteiger partial charge on any atom is -0.300 e. The summed E-state index contributed by atoms with van der Waals surface area (Å²) in [6.45, 7) is 3.62. The van der Waals surface area contributed by atoms with Crippen LogP contribution in [0.15, 0.2) is 29.4 Å². The number of halogens is 1. The summed E-state index contributed by atoms with van der Waals surface area (Å²) in [7, 11) is -3.37. The molecule has 0 amide bonds. The standard InChI is InChI=1S/C11H16BrN3O2S/c12-3-5-14-6-8-15(9-7-14)18(16,17)11-2-1-4-13-10-11/h1-2,4,10H,3,5-9H2. The van der Waals surface area contributed by atoms with Gasteiger partial charge < -0.3 is 0 Å². The Hall–Kier alpha value is -0.500. The van der Waals surface area contributed by atoms with Crippen molar-refractivity contribution in [1.82, 2.24) is 14.2 Å². The summed E-state index contributed by atoms with van der Waals surface area (Å²) in [5, 5.41) is 0.919. The number of pyridine rings is 1. The second kappa shape index (κ2) is 6.10. The summed E-state index contributed by atoms with van der Waals surface area (Å²) in [5.41, 5.74) is 0. The normalized spacial score (nSPS) is 18.9. The zero-order valence-corrected chi connectivity index (χ0v) is 12.4. The van der Waals surface area contributed by atoms with Crippen molar-refractivity contribution in [3.05, 3.63) is 24.5 Å². The molecule has 1 aromatic heterocycles. The van der Waals surface area contributed by atoms with Crippen molar-refractivity contribution in [1.29, 1.82) is 0 Å². The Morgan fingerprint density at radius 3 is 2.56 bits per heavy atom. The molecule has 1 aromatic rings. The van der Waals surface area contributed by atoms with E-state index >= 15 is 0 Å². The summed E-state index contributed by atoms with van der Waals surface area (Å²) in [4.78, 5) is 6.40. The largest absolute Gasteiger partial charge is 0.300 e. The molecule has 5 nitrogen and oxygen atoms in total. The molecule has 7 heteroatoms. The van der Waals surface area contributed by atoms with Crippen molar-refractivity contribution < 1.29 is 8.42 Å². The molecule has 1 aliphatic heterocycles. The van der Waals surface area contributed by atoms with E-state index < -0.39 is 10.0 Å². The lowest BCUT2D eigenvalue weighted by molar-refractivity contribution is 0.198. The van der Waals surface area contributed by atoms with E-state index in [-0.39, 0.29) is 4.90 Å². The number of nitrogens with zero attached hydrogens (tertiary/aromatic N) is 3. The molecule has 1 saturated heterocycles. The Bertz CT molecular complexity index is 472. The van der Waals surface area contributed by atoms with Gasteiger partial charge in [0.2, 0.25) is 10.0 Å². The van der Waals surface area contributed by atoms with Gasteiger partial charge in [-0.05, 0) is 12.1 Å². The number of hydrogen-bond acceptors (Lipinski definition) is 4. The van der Waals surface area contributed by atoms with Gasteiger partial charge in [-0.3, -0.25) is 9.88 Å². The Morgan fingerprint density at radius 1 is 1.28 bits per heavy atom. The Balaban J connectivity index is 2.05. The quantitative estimate of drug-likeness (QED) is 0.764. The first-order valence-corrected chi connectivity index (χ1v) is 8.39. The molecule has 0 radical (unpaired) electrons. The number of hydrogen-bond donors (Lipinski definition) is 0. The SMILES string of the molecule is O=S(=O)(c1cccnc1)N1CCN(CCBr)CC1. The van der Waals surface area contributed by atoms with E-state index in [0.717, 1.165) is 25.0 Å². The third-order valence-corrected chi connectivity index (χ3v) is 5.24. The van der Waals surface area contributed by atoms with Crippen molar-refractivity contribution in [2.45, 2.75) is 4.90 Å². The molecule has 0 atom stereocenters. The van der Waals surface area contributed by atoms with E-state index in [0.29, 0.717) is 13.1 Å². The van der Waals surface area contributed by atoms with Gasteiger partial charge in [0.25, 0.3) is 0 Å². The predicted octanol–water partition coefficient (Wildman–Crippen LogP) is 0.783. The fourth-order valence-corrected chi connectivity index (χ4v) is 3.85. The average Bonchev–Trinajstić information content (AvgIpc) is 2.41. The highest BCUT2D eigenvalue weighted by molar-refractivity contribution is 9.09. The molecule has 0 aliphatic carbocycles. The molecular weight excluding hydrogens is 318 g/mol. The average molecular weight is 334 g/mol. The van der Waals surface area contributed by atoms with Gasteiger partial charge in [-0.1, -0.05) is 15.9 Å². The molecule has 100 valence electrons. The highest BCUT2D eigenvalue weighted by Crippen LogP contribution is 2.16. The number of alkyl halides is 1. The Kier molecular flexibility index (Phi) is 4.71. The van der Waals surface area contributed by atoms with Crippen LogP contribution < -0.4 is 0 Å². The smallest absolute Gasteiger partial charge is 0.244 e. The maximum absolute atomic E-state index is 12.3. The van der Waals surface area contributed by atoms with Crippen LogP contribution in [-0.4, -0.2) is 60.7 Å². The number of piperazine rings is 1. The minimum atomic E-state index is -3.37. The lowest BCUT2D eigenvalue weighted by Crippen LogP contribution is -2.48. The van der Waals surface area contributed by atoms with Gasteiger partial charge in [-0.15, -0.1) is 0 Å². The highest BCUT2D eigenvalue weighted by atomic mass is 79.9. The van der Waals surface area contributed by atoms with Crippen LogP contribution in [0.4, 0.5) is 0 Å². The number of aromatic nitrogens is 1. The molecule has 0 bridgehead atoms. The van der Waals surface area contributed by atoms with Gasteiger partial charge in [-0.25, -0.2) is 8.42 Å². The van der Waals surface area contributed by atoms with E-state index in [4.69, 9.17) is 0 Å². The van der Waals surface area contributed by atoms with Crippen LogP contribution in [0.5, 0.6) is 0 Å². The van der Waals surface area contributed by atoms with Crippen LogP contribution in [0.3, 0.4) is 0 Å². The Labute approximate surface area is 116 Å². The first kappa shape index (κ1) is 13.9. The lowest BCUT2D eigenvalue weighted by atomic mass is 10.4. The third-order valence-electron chi connectivity index (χ3n) is 3.00. The zero-order valence-electron chi connectivity index (χ0n) is 10.00. The highest BCUT2D eigenvalue weighted by Gasteiger charge is 2.28. The van der Waals surface area contributed by atoms with Crippen molar-refractivity contribution in [2.24, 2.45) is 0 Å². The van der Waals surface area contributed by atoms with Gasteiger partial charge in [0.05, 0.1) is 0 Å². The maximum atomic E-state index is 12.3. The topological polar surface area (TPSA) is 53.5 Å². The van der Waals surface area contributed by atoms with Gasteiger partial charge in [0.1, 0.15) is 4.90 Å². The number of sulfonamides is 1. The van der Waals surface area contributed by atoms with Gasteiger partial charge >= 0.3 is 0 Å². The van der Waals surface area contributed by atoms with E-state index in [9.17, 15) is 8.42 Å². The van der Waals surface area contributed by atoms with E-state index in [1.54, 1.807) is 18.3 Å². The van der Waals surface area contributed by atoms with E-state index in [2.05, 4.69) is 25.8 Å². The summed E-state index contributed by atoms with van der Waals surface area (Å²) in [5.74, 6) is 0. The molecule has 1 aliphatic rings. The second-order valence-electron chi connectivity index (χ2n) is 4.12. The summed E-state index contributed by atoms with van der Waals surface area (Å²) >= 11 is 3.39. The van der Waals surface area contributed by atoms with E-state index in [1.165, 1.54) is 10.5 Å². The molecule has 18 heavy (non-hydrogen) atoms. The van der Waals surface area contributed by atoms with Crippen molar-refractivity contribution in [3.63, 3.8) is 0 Å². The molecule has 0 N–H and O–H groups in total. The van der Waals surface area contributed by atoms with Gasteiger partial charge in [0, 0.05) is 50.4 Å². The van der Waals surface area contributed by atoms with E-state index in [1.807, 2.05) is 0 Å². The van der Waals surface area contributed by atoms with Gasteiger partial charge in [0.15, 0.2) is 0 Å². The summed E-state index contributed by atoms with van der Waals surface area (Å²) < 4.78 is 26.2. The van der Waals surface area contributed by atoms with Crippen molar-refractivity contribution in [2.75, 3.05) is 38.1 Å². The fraction of sp³-hybridized carbons (Fsp3) is 0.545. The zero-order chi connectivity index (χ0) is 13.0. The third kappa shape index (κ3) is 3.09. The molecule has 0 unspecified atom stereocenters. The monoisotopic (exact) mass is 333 g/mol. The van der Waals surface area contributed by atoms with Crippen LogP contribution in [0.1, 0.15) is 0 Å². The molecular formula is C11H16BrN3O2S. The van der Waals surface area contributed by atoms with Crippen LogP contribution in [0.25, 0.3) is 0 Å². The number of rotatable bonds is 4. The molecule has 0 aromatic carbocycles. The van der Waals surface area contributed by atoms with Crippen LogP contribution >= 0.6 is 15.9 Å². The fourth-order valence-electron chi connectivity index (χ4n) is 1.96. The minimum absolute atomic E-state index is 0.277. The van der Waals surface area contributed by atoms with Gasteiger partial charge in [-0.2, -0.15) is 4.31 Å². The van der Waals surface area contributed by atoms with Crippen LogP contribution in [-0.2, 0) is 10.0 Å². The van der Waals surface area contributed by atoms with Crippen molar-refractivity contribution >= 4 is 26.0 Å².